The van der Waals surface area contributed by atoms with Gasteiger partial charge < -0.3 is 9.09 Å². The Hall–Kier alpha value is -4.14. The zero-order valence-electron chi connectivity index (χ0n) is 15.4. The molecule has 0 aliphatic carbocycles. The van der Waals surface area contributed by atoms with Gasteiger partial charge in [0.25, 0.3) is 5.56 Å². The number of benzene rings is 2. The molecule has 2 aromatic carbocycles. The summed E-state index contributed by atoms with van der Waals surface area (Å²) in [7, 11) is 0. The lowest BCUT2D eigenvalue weighted by atomic mass is 10.1. The van der Waals surface area contributed by atoms with Crippen LogP contribution >= 0.6 is 0 Å². The molecule has 0 aliphatic rings. The third-order valence-electron chi connectivity index (χ3n) is 4.60. The highest BCUT2D eigenvalue weighted by molar-refractivity contribution is 5.65. The van der Waals surface area contributed by atoms with Crippen molar-refractivity contribution >= 4 is 5.52 Å². The SMILES string of the molecule is O=c1c2cc(-c3ccc(F)cc3)nn2ccn1Cc1nc(-c2cccc(F)c2)no1. The number of rotatable bonds is 4. The predicted molar refractivity (Wildman–Crippen MR) is 104 cm³/mol. The first-order chi connectivity index (χ1) is 14.6. The molecule has 0 amide bonds. The first kappa shape index (κ1) is 17.9. The van der Waals surface area contributed by atoms with Gasteiger partial charge in [-0.2, -0.15) is 10.1 Å². The van der Waals surface area contributed by atoms with Gasteiger partial charge in [0.2, 0.25) is 11.7 Å². The van der Waals surface area contributed by atoms with Crippen molar-refractivity contribution in [3.05, 3.63) is 94.9 Å². The van der Waals surface area contributed by atoms with E-state index >= 15 is 0 Å². The summed E-state index contributed by atoms with van der Waals surface area (Å²) in [6.45, 7) is 0.0503. The lowest BCUT2D eigenvalue weighted by Gasteiger charge is -2.01. The largest absolute Gasteiger partial charge is 0.337 e. The van der Waals surface area contributed by atoms with Crippen molar-refractivity contribution in [3.63, 3.8) is 0 Å². The van der Waals surface area contributed by atoms with Crippen LogP contribution < -0.4 is 5.56 Å². The lowest BCUT2D eigenvalue weighted by Crippen LogP contribution is -2.21. The van der Waals surface area contributed by atoms with Gasteiger partial charge in [0.15, 0.2) is 0 Å². The van der Waals surface area contributed by atoms with Gasteiger partial charge in [0.1, 0.15) is 23.7 Å². The summed E-state index contributed by atoms with van der Waals surface area (Å²) in [5.41, 5.74) is 1.77. The third kappa shape index (κ3) is 3.26. The van der Waals surface area contributed by atoms with E-state index in [9.17, 15) is 13.6 Å². The van der Waals surface area contributed by atoms with Gasteiger partial charge in [-0.15, -0.1) is 0 Å². The van der Waals surface area contributed by atoms with Gasteiger partial charge in [-0.3, -0.25) is 4.79 Å². The van der Waals surface area contributed by atoms with E-state index in [1.807, 2.05) is 0 Å². The highest BCUT2D eigenvalue weighted by Gasteiger charge is 2.13. The molecular weight excluding hydrogens is 392 g/mol. The number of hydrogen-bond acceptors (Lipinski definition) is 5. The topological polar surface area (TPSA) is 78.2 Å². The number of fused-ring (bicyclic) bond motifs is 1. The third-order valence-corrected chi connectivity index (χ3v) is 4.60. The van der Waals surface area contributed by atoms with Crippen LogP contribution in [0.1, 0.15) is 5.89 Å². The van der Waals surface area contributed by atoms with Crippen LogP contribution in [0.4, 0.5) is 8.78 Å². The Labute approximate surface area is 167 Å². The highest BCUT2D eigenvalue weighted by atomic mass is 19.1. The zero-order chi connectivity index (χ0) is 20.7. The Bertz CT molecular complexity index is 1420. The van der Waals surface area contributed by atoms with E-state index < -0.39 is 5.82 Å². The molecule has 0 saturated carbocycles. The van der Waals surface area contributed by atoms with Crippen molar-refractivity contribution in [2.24, 2.45) is 0 Å². The van der Waals surface area contributed by atoms with Crippen LogP contribution in [0.3, 0.4) is 0 Å². The van der Waals surface area contributed by atoms with Crippen LogP contribution in [0, 0.1) is 11.6 Å². The second-order valence-corrected chi connectivity index (χ2v) is 6.62. The van der Waals surface area contributed by atoms with Crippen molar-refractivity contribution < 1.29 is 13.3 Å². The molecule has 3 aromatic heterocycles. The molecule has 0 radical (unpaired) electrons. The molecule has 148 valence electrons. The zero-order valence-corrected chi connectivity index (χ0v) is 15.4. The molecule has 0 N–H and O–H groups in total. The quantitative estimate of drug-likeness (QED) is 0.457. The molecule has 0 spiro atoms. The van der Waals surface area contributed by atoms with Gasteiger partial charge in [0.05, 0.1) is 5.69 Å². The molecule has 0 aliphatic heterocycles. The van der Waals surface area contributed by atoms with Crippen LogP contribution in [-0.2, 0) is 6.54 Å². The fourth-order valence-corrected chi connectivity index (χ4v) is 3.12. The maximum absolute atomic E-state index is 13.4. The molecule has 5 aromatic rings. The van der Waals surface area contributed by atoms with Crippen molar-refractivity contribution in [2.75, 3.05) is 0 Å². The molecule has 0 saturated heterocycles. The standard InChI is InChI=1S/C21H13F2N5O2/c22-15-6-4-13(5-7-15)17-11-18-21(29)27(8-9-28(18)25-17)12-19-24-20(26-30-19)14-2-1-3-16(23)10-14/h1-11H,12H2. The monoisotopic (exact) mass is 405 g/mol. The van der Waals surface area contributed by atoms with Crippen LogP contribution in [0.25, 0.3) is 28.2 Å². The van der Waals surface area contributed by atoms with Crippen molar-refractivity contribution in [1.29, 1.82) is 0 Å². The van der Waals surface area contributed by atoms with Crippen LogP contribution in [0.2, 0.25) is 0 Å². The minimum absolute atomic E-state index is 0.0503. The summed E-state index contributed by atoms with van der Waals surface area (Å²) in [5.74, 6) is -0.305. The summed E-state index contributed by atoms with van der Waals surface area (Å²) in [4.78, 5) is 17.1. The molecule has 0 unspecified atom stereocenters. The molecule has 3 heterocycles. The smallest absolute Gasteiger partial charge is 0.277 e. The van der Waals surface area contributed by atoms with Crippen molar-refractivity contribution in [3.8, 4) is 22.6 Å². The average Bonchev–Trinajstić information content (AvgIpc) is 3.38. The maximum atomic E-state index is 13.4. The first-order valence-corrected chi connectivity index (χ1v) is 9.00. The van der Waals surface area contributed by atoms with Gasteiger partial charge in [-0.1, -0.05) is 17.3 Å². The second kappa shape index (κ2) is 7.03. The van der Waals surface area contributed by atoms with E-state index in [0.29, 0.717) is 22.3 Å². The van der Waals surface area contributed by atoms with E-state index in [0.717, 1.165) is 0 Å². The predicted octanol–water partition coefficient (Wildman–Crippen LogP) is 3.54. The van der Waals surface area contributed by atoms with E-state index in [-0.39, 0.29) is 29.6 Å². The second-order valence-electron chi connectivity index (χ2n) is 6.62. The van der Waals surface area contributed by atoms with Crippen molar-refractivity contribution in [2.45, 2.75) is 6.54 Å². The molecule has 0 atom stereocenters. The first-order valence-electron chi connectivity index (χ1n) is 9.00. The summed E-state index contributed by atoms with van der Waals surface area (Å²) >= 11 is 0. The van der Waals surface area contributed by atoms with Gasteiger partial charge in [0, 0.05) is 23.5 Å². The Morgan fingerprint density at radius 3 is 2.57 bits per heavy atom. The van der Waals surface area contributed by atoms with Gasteiger partial charge in [-0.05, 0) is 42.5 Å². The minimum atomic E-state index is -0.404. The summed E-state index contributed by atoms with van der Waals surface area (Å²) in [6, 6.07) is 13.4. The molecule has 0 bridgehead atoms. The number of aromatic nitrogens is 5. The van der Waals surface area contributed by atoms with Crippen LogP contribution in [0.5, 0.6) is 0 Å². The number of nitrogens with zero attached hydrogens (tertiary/aromatic N) is 5. The molecule has 9 heteroatoms. The molecule has 0 fully saturated rings. The summed E-state index contributed by atoms with van der Waals surface area (Å²) in [6.07, 6.45) is 3.19. The average molecular weight is 405 g/mol. The number of hydrogen-bond donors (Lipinski definition) is 0. The summed E-state index contributed by atoms with van der Waals surface area (Å²) < 4.78 is 34.6. The molecular formula is C21H13F2N5O2. The van der Waals surface area contributed by atoms with Gasteiger partial charge in [-0.25, -0.2) is 13.3 Å². The lowest BCUT2D eigenvalue weighted by molar-refractivity contribution is 0.370. The van der Waals surface area contributed by atoms with Crippen LogP contribution in [-0.4, -0.2) is 24.3 Å². The number of halogens is 2. The normalized spacial score (nSPS) is 11.3. The Morgan fingerprint density at radius 1 is 0.933 bits per heavy atom. The molecule has 30 heavy (non-hydrogen) atoms. The van der Waals surface area contributed by atoms with E-state index in [4.69, 9.17) is 4.52 Å². The molecule has 7 nitrogen and oxygen atoms in total. The van der Waals surface area contributed by atoms with Crippen LogP contribution in [0.15, 0.2) is 76.3 Å². The summed E-state index contributed by atoms with van der Waals surface area (Å²) in [5, 5.41) is 8.22. The Balaban J connectivity index is 1.46. The Kier molecular flexibility index (Phi) is 4.20. The fraction of sp³-hybridized carbons (Fsp3) is 0.0476. The van der Waals surface area contributed by atoms with Crippen molar-refractivity contribution in [1.82, 2.24) is 24.3 Å². The maximum Gasteiger partial charge on any atom is 0.277 e. The Morgan fingerprint density at radius 2 is 1.77 bits per heavy atom. The minimum Gasteiger partial charge on any atom is -0.337 e. The van der Waals surface area contributed by atoms with E-state index in [1.54, 1.807) is 42.7 Å². The fourth-order valence-electron chi connectivity index (χ4n) is 3.12. The molecule has 5 rings (SSSR count). The van der Waals surface area contributed by atoms with E-state index in [2.05, 4.69) is 15.2 Å². The highest BCUT2D eigenvalue weighted by Crippen LogP contribution is 2.19. The van der Waals surface area contributed by atoms with Gasteiger partial charge >= 0.3 is 0 Å². The van der Waals surface area contributed by atoms with E-state index in [1.165, 1.54) is 33.3 Å².